The molecular formula is C38H49NO6S. The molecule has 2 aliphatic heterocycles. The van der Waals surface area contributed by atoms with Crippen molar-refractivity contribution in [3.8, 4) is 5.75 Å². The standard InChI is InChI=1S/C38H49NO6S/c1-7-8-16-34-38(17-19-39(20-18-38)46(42,43)33-15-11-13-28-12-9-10-14-30(28)33)23-31(26(4)5)37(45-34)36-27(6)21-29(25(2)3)22-32(36)44-24-35(40)41/h9-15,21-22,25,31,34,37H,4,7-8,16-20,23-24H2,1-3,5-6H3,(H,40,41)/t31-,34+,37+/m0/s1. The number of sulfonamides is 1. The summed E-state index contributed by atoms with van der Waals surface area (Å²) in [4.78, 5) is 11.9. The number of carboxylic acid groups (broad SMARTS) is 1. The molecular weight excluding hydrogens is 598 g/mol. The SMILES string of the molecule is C=C(C)[C@@H]1CC2(CCN(S(=O)(=O)c3cccc4ccccc34)CC2)[C@@H](CCCC)O[C@H]1c1c(C)cc(C(C)C)cc1OCC(=O)O. The number of fused-ring (bicyclic) bond motifs is 1. The molecule has 1 spiro atoms. The minimum atomic E-state index is -3.69. The number of aryl methyl sites for hydroxylation is 1. The highest BCUT2D eigenvalue weighted by Gasteiger charge is 2.51. The Kier molecular flexibility index (Phi) is 10.3. The van der Waals surface area contributed by atoms with E-state index in [9.17, 15) is 18.3 Å². The maximum Gasteiger partial charge on any atom is 0.341 e. The van der Waals surface area contributed by atoms with Crippen LogP contribution in [0.3, 0.4) is 0 Å². The van der Waals surface area contributed by atoms with Crippen molar-refractivity contribution in [2.45, 2.75) is 96.2 Å². The molecule has 3 aromatic carbocycles. The number of benzene rings is 3. The molecule has 0 aromatic heterocycles. The van der Waals surface area contributed by atoms with E-state index in [-0.39, 0.29) is 29.5 Å². The molecule has 2 saturated heterocycles. The number of carbonyl (C=O) groups is 1. The number of hydrogen-bond donors (Lipinski definition) is 1. The average molecular weight is 648 g/mol. The second-order valence-electron chi connectivity index (χ2n) is 13.7. The largest absolute Gasteiger partial charge is 0.482 e. The number of carboxylic acids is 1. The first-order valence-electron chi connectivity index (χ1n) is 16.7. The molecule has 0 radical (unpaired) electrons. The van der Waals surface area contributed by atoms with Crippen molar-refractivity contribution in [1.29, 1.82) is 0 Å². The lowest BCUT2D eigenvalue weighted by molar-refractivity contribution is -0.170. The van der Waals surface area contributed by atoms with Gasteiger partial charge in [-0.25, -0.2) is 13.2 Å². The topological polar surface area (TPSA) is 93.1 Å². The van der Waals surface area contributed by atoms with Crippen LogP contribution in [0, 0.1) is 18.3 Å². The van der Waals surface area contributed by atoms with Gasteiger partial charge in [-0.05, 0) is 79.5 Å². The summed E-state index contributed by atoms with van der Waals surface area (Å²) in [6.45, 7) is 15.3. The van der Waals surface area contributed by atoms with E-state index in [1.165, 1.54) is 0 Å². The van der Waals surface area contributed by atoms with Crippen molar-refractivity contribution in [3.05, 3.63) is 83.4 Å². The first-order chi connectivity index (χ1) is 21.9. The van der Waals surface area contributed by atoms with E-state index in [1.54, 1.807) is 10.4 Å². The van der Waals surface area contributed by atoms with Gasteiger partial charge < -0.3 is 14.6 Å². The summed E-state index contributed by atoms with van der Waals surface area (Å²) in [5.74, 6) is -0.247. The van der Waals surface area contributed by atoms with E-state index < -0.39 is 22.6 Å². The normalized spacial score (nSPS) is 21.9. The lowest BCUT2D eigenvalue weighted by atomic mass is 9.63. The molecule has 8 heteroatoms. The van der Waals surface area contributed by atoms with Crippen LogP contribution in [-0.4, -0.2) is 49.6 Å². The summed E-state index contributed by atoms with van der Waals surface area (Å²) in [7, 11) is -3.69. The van der Waals surface area contributed by atoms with Crippen LogP contribution in [0.15, 0.2) is 71.6 Å². The van der Waals surface area contributed by atoms with Gasteiger partial charge in [0.2, 0.25) is 10.0 Å². The molecule has 0 bridgehead atoms. The average Bonchev–Trinajstić information content (AvgIpc) is 3.02. The lowest BCUT2D eigenvalue weighted by Crippen LogP contribution is -2.53. The molecule has 0 amide bonds. The fourth-order valence-electron chi connectivity index (χ4n) is 7.57. The maximum atomic E-state index is 14.0. The number of nitrogens with zero attached hydrogens (tertiary/aromatic N) is 1. The number of aliphatic carboxylic acids is 1. The molecule has 2 aliphatic rings. The summed E-state index contributed by atoms with van der Waals surface area (Å²) < 4.78 is 42.8. The van der Waals surface area contributed by atoms with E-state index in [4.69, 9.17) is 9.47 Å². The Morgan fingerprint density at radius 3 is 2.48 bits per heavy atom. The Balaban J connectivity index is 1.48. The highest BCUT2D eigenvalue weighted by atomic mass is 32.2. The van der Waals surface area contributed by atoms with Gasteiger partial charge in [0.25, 0.3) is 0 Å². The van der Waals surface area contributed by atoms with E-state index in [0.29, 0.717) is 36.6 Å². The summed E-state index contributed by atoms with van der Waals surface area (Å²) >= 11 is 0. The lowest BCUT2D eigenvalue weighted by Gasteiger charge is -2.54. The molecule has 46 heavy (non-hydrogen) atoms. The van der Waals surface area contributed by atoms with Gasteiger partial charge in [-0.3, -0.25) is 0 Å². The number of rotatable bonds is 11. The smallest absolute Gasteiger partial charge is 0.341 e. The highest BCUT2D eigenvalue weighted by molar-refractivity contribution is 7.89. The molecule has 3 aromatic rings. The highest BCUT2D eigenvalue weighted by Crippen LogP contribution is 2.56. The molecule has 2 fully saturated rings. The first-order valence-corrected chi connectivity index (χ1v) is 18.1. The fourth-order valence-corrected chi connectivity index (χ4v) is 9.22. The van der Waals surface area contributed by atoms with Crippen molar-refractivity contribution >= 4 is 26.8 Å². The Morgan fingerprint density at radius 2 is 1.83 bits per heavy atom. The fraction of sp³-hybridized carbons (Fsp3) is 0.500. The van der Waals surface area contributed by atoms with Crippen LogP contribution >= 0.6 is 0 Å². The van der Waals surface area contributed by atoms with E-state index in [1.807, 2.05) is 49.4 Å². The monoisotopic (exact) mass is 647 g/mol. The molecule has 3 atom stereocenters. The van der Waals surface area contributed by atoms with Crippen molar-refractivity contribution < 1.29 is 27.8 Å². The first kappa shape index (κ1) is 34.1. The van der Waals surface area contributed by atoms with E-state index in [2.05, 4.69) is 40.3 Å². The van der Waals surface area contributed by atoms with Gasteiger partial charge in [-0.15, -0.1) is 0 Å². The zero-order chi connectivity index (χ0) is 33.2. The minimum Gasteiger partial charge on any atom is -0.482 e. The van der Waals surface area contributed by atoms with Gasteiger partial charge in [0.15, 0.2) is 6.61 Å². The van der Waals surface area contributed by atoms with Crippen LogP contribution in [0.5, 0.6) is 5.75 Å². The molecule has 0 aliphatic carbocycles. The maximum absolute atomic E-state index is 14.0. The Morgan fingerprint density at radius 1 is 1.13 bits per heavy atom. The van der Waals surface area contributed by atoms with Crippen molar-refractivity contribution in [3.63, 3.8) is 0 Å². The van der Waals surface area contributed by atoms with Crippen molar-refractivity contribution in [2.75, 3.05) is 19.7 Å². The molecule has 0 unspecified atom stereocenters. The van der Waals surface area contributed by atoms with Crippen LogP contribution in [0.25, 0.3) is 10.8 Å². The zero-order valence-electron chi connectivity index (χ0n) is 27.9. The Labute approximate surface area is 274 Å². The molecule has 2 heterocycles. The van der Waals surface area contributed by atoms with Crippen LogP contribution in [-0.2, 0) is 19.6 Å². The van der Waals surface area contributed by atoms with E-state index >= 15 is 0 Å². The summed E-state index contributed by atoms with van der Waals surface area (Å²) in [6.07, 6.45) is 4.72. The summed E-state index contributed by atoms with van der Waals surface area (Å²) in [5.41, 5.74) is 3.80. The van der Waals surface area contributed by atoms with Crippen LogP contribution in [0.2, 0.25) is 0 Å². The van der Waals surface area contributed by atoms with Crippen LogP contribution < -0.4 is 4.74 Å². The third-order valence-electron chi connectivity index (χ3n) is 10.2. The second kappa shape index (κ2) is 13.9. The molecule has 248 valence electrons. The van der Waals surface area contributed by atoms with Gasteiger partial charge in [0.1, 0.15) is 5.75 Å². The van der Waals surface area contributed by atoms with Gasteiger partial charge >= 0.3 is 5.97 Å². The number of ether oxygens (including phenoxy) is 2. The molecule has 5 rings (SSSR count). The molecule has 1 N–H and O–H groups in total. The van der Waals surface area contributed by atoms with Crippen LogP contribution in [0.1, 0.15) is 94.9 Å². The van der Waals surface area contributed by atoms with Crippen molar-refractivity contribution in [1.82, 2.24) is 4.31 Å². The summed E-state index contributed by atoms with van der Waals surface area (Å²) in [6, 6.07) is 17.2. The number of piperidine rings is 1. The van der Waals surface area contributed by atoms with E-state index in [0.717, 1.165) is 58.7 Å². The van der Waals surface area contributed by atoms with Crippen LogP contribution in [0.4, 0.5) is 0 Å². The summed E-state index contributed by atoms with van der Waals surface area (Å²) in [5, 5.41) is 11.1. The Bertz CT molecular complexity index is 1680. The minimum absolute atomic E-state index is 0.0325. The van der Waals surface area contributed by atoms with Gasteiger partial charge in [0, 0.05) is 30.0 Å². The number of unbranched alkanes of at least 4 members (excludes halogenated alkanes) is 1. The van der Waals surface area contributed by atoms with Gasteiger partial charge in [0.05, 0.1) is 17.1 Å². The van der Waals surface area contributed by atoms with Gasteiger partial charge in [-0.2, -0.15) is 4.31 Å². The number of hydrogen-bond acceptors (Lipinski definition) is 5. The Hall–Kier alpha value is -3.20. The second-order valence-corrected chi connectivity index (χ2v) is 15.6. The quantitative estimate of drug-likeness (QED) is 0.210. The molecule has 7 nitrogen and oxygen atoms in total. The third-order valence-corrected chi connectivity index (χ3v) is 12.2. The predicted octanol–water partition coefficient (Wildman–Crippen LogP) is 8.42. The van der Waals surface area contributed by atoms with Crippen molar-refractivity contribution in [2.24, 2.45) is 11.3 Å². The van der Waals surface area contributed by atoms with Gasteiger partial charge in [-0.1, -0.05) is 88.2 Å². The third kappa shape index (κ3) is 6.76. The predicted molar refractivity (Wildman–Crippen MR) is 183 cm³/mol. The zero-order valence-corrected chi connectivity index (χ0v) is 28.7. The molecule has 0 saturated carbocycles.